The zero-order valence-electron chi connectivity index (χ0n) is 47.2. The topological polar surface area (TPSA) is 74.6 Å². The lowest BCUT2D eigenvalue weighted by Crippen LogP contribution is -1.98. The van der Waals surface area contributed by atoms with Gasteiger partial charge in [0, 0.05) is 90.7 Å². The molecule has 0 N–H and O–H groups in total. The summed E-state index contributed by atoms with van der Waals surface area (Å²) < 4.78 is 11.6. The first-order valence-corrected chi connectivity index (χ1v) is 29.6. The van der Waals surface area contributed by atoms with Crippen LogP contribution in [0.5, 0.6) is 0 Å². The van der Waals surface area contributed by atoms with Gasteiger partial charge in [-0.1, -0.05) is 133 Å². The van der Waals surface area contributed by atoms with Crippen molar-refractivity contribution in [2.24, 2.45) is 0 Å². The van der Waals surface area contributed by atoms with Gasteiger partial charge in [0.15, 0.2) is 0 Å². The van der Waals surface area contributed by atoms with Gasteiger partial charge in [-0.15, -0.1) is 0 Å². The van der Waals surface area contributed by atoms with Crippen molar-refractivity contribution in [2.45, 2.75) is 12.8 Å². The minimum absolute atomic E-state index is 0.828. The number of fused-ring (bicyclic) bond motifs is 9. The highest BCUT2D eigenvalue weighted by Crippen LogP contribution is 2.45. The van der Waals surface area contributed by atoms with Gasteiger partial charge in [-0.2, -0.15) is 0 Å². The van der Waals surface area contributed by atoms with Crippen molar-refractivity contribution >= 4 is 76.7 Å². The molecule has 0 saturated heterocycles. The second kappa shape index (κ2) is 20.7. The van der Waals surface area contributed by atoms with Crippen molar-refractivity contribution in [3.05, 3.63) is 303 Å². The van der Waals surface area contributed by atoms with E-state index in [1.165, 1.54) is 22.1 Å². The van der Waals surface area contributed by atoms with Gasteiger partial charge < -0.3 is 13.6 Å². The summed E-state index contributed by atoms with van der Waals surface area (Å²) in [6.07, 6.45) is 14.2. The number of hydrogen-bond donors (Lipinski definition) is 0. The van der Waals surface area contributed by atoms with Crippen LogP contribution in [0.25, 0.3) is 155 Å². The molecule has 9 aromatic carbocycles. The number of hydrogen-bond acceptors (Lipinski definition) is 5. The van der Waals surface area contributed by atoms with Crippen molar-refractivity contribution in [2.75, 3.05) is 0 Å². The monoisotopic (exact) mass is 1110 g/mol. The van der Waals surface area contributed by atoms with Gasteiger partial charge >= 0.3 is 0 Å². The van der Waals surface area contributed by atoms with Gasteiger partial charge in [-0.3, -0.25) is 19.9 Å². The highest BCUT2D eigenvalue weighted by atomic mass is 16.3. The summed E-state index contributed by atoms with van der Waals surface area (Å²) in [7, 11) is 0. The van der Waals surface area contributed by atoms with E-state index in [1.54, 1.807) is 0 Å². The number of allylic oxidation sites excluding steroid dienone is 4. The van der Waals surface area contributed by atoms with Gasteiger partial charge in [-0.25, -0.2) is 0 Å². The SMILES string of the molecule is C1=C(c2ccc3c(c2)c2cc(-c4ccccc4-c4ccccn4)ccc2n3-c2ccc3oc4ccc(-n5c6ccc(-c7ccccc7-c7ccccn7)cc6c6cc(-c7ccccc7-c7ccccn7)ccc65)cc4c3c2)C(c2ccccn2)=CCC1. The molecule has 0 aliphatic heterocycles. The van der Waals surface area contributed by atoms with Crippen LogP contribution in [0.15, 0.2) is 296 Å². The van der Waals surface area contributed by atoms with Crippen LogP contribution in [0.4, 0.5) is 0 Å². The van der Waals surface area contributed by atoms with Gasteiger partial charge in [0.25, 0.3) is 0 Å². The van der Waals surface area contributed by atoms with Gasteiger partial charge in [-0.05, 0) is 191 Å². The first-order chi connectivity index (χ1) is 43.1. The van der Waals surface area contributed by atoms with E-state index in [2.05, 4.69) is 252 Å². The number of aromatic nitrogens is 6. The Bertz CT molecular complexity index is 5300. The summed E-state index contributed by atoms with van der Waals surface area (Å²) in [5.74, 6) is 0. The van der Waals surface area contributed by atoms with Crippen LogP contribution in [-0.2, 0) is 0 Å². The molecule has 7 heterocycles. The largest absolute Gasteiger partial charge is 0.456 e. The number of nitrogens with zero attached hydrogens (tertiary/aromatic N) is 6. The molecule has 408 valence electrons. The average molecular weight is 1110 g/mol. The van der Waals surface area contributed by atoms with E-state index in [9.17, 15) is 0 Å². The maximum absolute atomic E-state index is 6.76. The summed E-state index contributed by atoms with van der Waals surface area (Å²) in [5, 5.41) is 6.71. The molecule has 7 aromatic heterocycles. The van der Waals surface area contributed by atoms with Crippen LogP contribution in [0.3, 0.4) is 0 Å². The summed E-state index contributed by atoms with van der Waals surface area (Å²) in [5.41, 5.74) is 25.6. The fraction of sp³-hybridized carbons (Fsp3) is 0.0250. The van der Waals surface area contributed by atoms with Crippen molar-refractivity contribution in [1.29, 1.82) is 0 Å². The van der Waals surface area contributed by atoms with Crippen LogP contribution in [0, 0.1) is 0 Å². The minimum atomic E-state index is 0.828. The fourth-order valence-electron chi connectivity index (χ4n) is 13.5. The molecule has 0 unspecified atom stereocenters. The van der Waals surface area contributed by atoms with E-state index in [1.807, 2.05) is 49.1 Å². The molecule has 0 atom stereocenters. The Kier molecular flexibility index (Phi) is 11.9. The molecule has 0 amide bonds. The highest BCUT2D eigenvalue weighted by molar-refractivity contribution is 6.16. The van der Waals surface area contributed by atoms with Crippen molar-refractivity contribution in [3.63, 3.8) is 0 Å². The molecule has 0 saturated carbocycles. The van der Waals surface area contributed by atoms with Crippen molar-refractivity contribution in [1.82, 2.24) is 29.1 Å². The Labute approximate surface area is 501 Å². The zero-order valence-corrected chi connectivity index (χ0v) is 47.2. The molecule has 7 nitrogen and oxygen atoms in total. The van der Waals surface area contributed by atoms with Crippen molar-refractivity contribution in [3.8, 4) is 78.5 Å². The molecule has 0 spiro atoms. The third-order valence-corrected chi connectivity index (χ3v) is 17.4. The lowest BCUT2D eigenvalue weighted by atomic mass is 9.89. The molecule has 7 heteroatoms. The Morgan fingerprint density at radius 2 is 0.598 bits per heavy atom. The lowest BCUT2D eigenvalue weighted by molar-refractivity contribution is 0.669. The Morgan fingerprint density at radius 3 is 0.977 bits per heavy atom. The second-order valence-corrected chi connectivity index (χ2v) is 22.4. The van der Waals surface area contributed by atoms with E-state index in [0.717, 1.165) is 157 Å². The maximum Gasteiger partial charge on any atom is 0.135 e. The van der Waals surface area contributed by atoms with Crippen LogP contribution in [0.2, 0.25) is 0 Å². The number of furan rings is 1. The molecule has 17 rings (SSSR count). The van der Waals surface area contributed by atoms with Crippen LogP contribution in [-0.4, -0.2) is 29.1 Å². The fourth-order valence-corrected chi connectivity index (χ4v) is 13.5. The summed E-state index contributed by atoms with van der Waals surface area (Å²) >= 11 is 0. The van der Waals surface area contributed by atoms with E-state index in [-0.39, 0.29) is 0 Å². The molecule has 0 bridgehead atoms. The van der Waals surface area contributed by atoms with E-state index < -0.39 is 0 Å². The smallest absolute Gasteiger partial charge is 0.135 e. The quantitative estimate of drug-likeness (QED) is 0.136. The molecule has 0 fully saturated rings. The van der Waals surface area contributed by atoms with Crippen molar-refractivity contribution < 1.29 is 4.42 Å². The lowest BCUT2D eigenvalue weighted by Gasteiger charge is -2.17. The predicted octanol–water partition coefficient (Wildman–Crippen LogP) is 20.6. The number of pyridine rings is 4. The maximum atomic E-state index is 6.76. The number of benzene rings is 9. The third-order valence-electron chi connectivity index (χ3n) is 17.4. The van der Waals surface area contributed by atoms with Gasteiger partial charge in [0.05, 0.1) is 44.8 Å². The Balaban J connectivity index is 0.842. The molecular weight excluding hydrogens is 1060 g/mol. The summed E-state index contributed by atoms with van der Waals surface area (Å²) in [6.45, 7) is 0. The van der Waals surface area contributed by atoms with E-state index >= 15 is 0 Å². The average Bonchev–Trinajstić information content (AvgIpc) is 2.07. The molecule has 0 radical (unpaired) electrons. The van der Waals surface area contributed by atoms with E-state index in [0.29, 0.717) is 0 Å². The Morgan fingerprint density at radius 1 is 0.264 bits per heavy atom. The van der Waals surface area contributed by atoms with Crippen LogP contribution >= 0.6 is 0 Å². The first kappa shape index (κ1) is 50.0. The van der Waals surface area contributed by atoms with E-state index in [4.69, 9.17) is 24.4 Å². The molecule has 16 aromatic rings. The van der Waals surface area contributed by atoms with Gasteiger partial charge in [0.2, 0.25) is 0 Å². The molecule has 1 aliphatic carbocycles. The third kappa shape index (κ3) is 8.50. The first-order valence-electron chi connectivity index (χ1n) is 29.6. The Hall–Kier alpha value is -11.5. The molecule has 87 heavy (non-hydrogen) atoms. The minimum Gasteiger partial charge on any atom is -0.456 e. The number of rotatable bonds is 10. The molecule has 1 aliphatic rings. The molecular formula is C80H52N6O. The van der Waals surface area contributed by atoms with Crippen LogP contribution in [0.1, 0.15) is 24.1 Å². The summed E-state index contributed by atoms with van der Waals surface area (Å²) in [4.78, 5) is 19.2. The second-order valence-electron chi connectivity index (χ2n) is 22.4. The van der Waals surface area contributed by atoms with Crippen LogP contribution < -0.4 is 0 Å². The summed E-state index contributed by atoms with van der Waals surface area (Å²) in [6, 6.07) is 91.3. The predicted molar refractivity (Wildman–Crippen MR) is 358 cm³/mol. The normalized spacial score (nSPS) is 12.6. The zero-order chi connectivity index (χ0) is 57.4. The standard InChI is InChI=1S/C80H52N6O/c1-5-21-61(71-25-9-13-41-81-71)57(17-1)51-29-35-75-65(45-51)66-46-52(58-18-2-6-22-62(58)72-26-10-14-42-82-72)30-36-76(66)85(75)55-33-39-79-69(49-55)70-50-56(34-40-80(70)87-79)86-77-37-31-53(59-19-3-7-23-63(59)73-27-11-15-43-83-73)47-67(77)68-48-54(32-38-78(68)86)60-20-4-8-24-64(60)74-28-12-16-44-84-74/h1-3,5-7,9-50H,4,8H2. The van der Waals surface area contributed by atoms with Gasteiger partial charge in [0.1, 0.15) is 11.2 Å². The highest BCUT2D eigenvalue weighted by Gasteiger charge is 2.23.